The Kier molecular flexibility index (Phi) is 5.85. The Morgan fingerprint density at radius 2 is 1.73 bits per heavy atom. The zero-order chi connectivity index (χ0) is 23.9. The van der Waals surface area contributed by atoms with Gasteiger partial charge in [0.2, 0.25) is 10.0 Å². The molecule has 0 aliphatic heterocycles. The average Bonchev–Trinajstić information content (AvgIpc) is 3.11. The number of halogens is 1. The lowest BCUT2D eigenvalue weighted by atomic mass is 10.2. The molecule has 0 atom stereocenters. The Labute approximate surface area is 196 Å². The minimum atomic E-state index is -3.51. The molecule has 10 nitrogen and oxygen atoms in total. The molecule has 0 bridgehead atoms. The highest BCUT2D eigenvalue weighted by molar-refractivity contribution is 7.92. The van der Waals surface area contributed by atoms with Crippen LogP contribution in [0.25, 0.3) is 11.2 Å². The van der Waals surface area contributed by atoms with Crippen LogP contribution in [0.3, 0.4) is 0 Å². The van der Waals surface area contributed by atoms with Gasteiger partial charge in [0.15, 0.2) is 5.65 Å². The van der Waals surface area contributed by atoms with Gasteiger partial charge in [-0.25, -0.2) is 23.4 Å². The maximum atomic E-state index is 12.2. The minimum Gasteiger partial charge on any atom is -0.352 e. The van der Waals surface area contributed by atoms with Crippen LogP contribution in [0.1, 0.15) is 17.2 Å². The van der Waals surface area contributed by atoms with Crippen molar-refractivity contribution < 1.29 is 8.42 Å². The molecule has 0 fully saturated rings. The summed E-state index contributed by atoms with van der Waals surface area (Å²) in [6.07, 6.45) is 2.77. The first-order chi connectivity index (χ1) is 15.5. The molecule has 172 valence electrons. The summed E-state index contributed by atoms with van der Waals surface area (Å²) in [5.41, 5.74) is 4.38. The lowest BCUT2D eigenvalue weighted by molar-refractivity contribution is 0.600. The molecule has 3 heterocycles. The summed E-state index contributed by atoms with van der Waals surface area (Å²) < 4.78 is 25.5. The van der Waals surface area contributed by atoms with Crippen LogP contribution in [-0.2, 0) is 10.0 Å². The number of rotatable bonds is 6. The maximum Gasteiger partial charge on any atom is 0.232 e. The van der Waals surface area contributed by atoms with Crippen molar-refractivity contribution in [1.29, 1.82) is 0 Å². The maximum absolute atomic E-state index is 12.2. The van der Waals surface area contributed by atoms with E-state index in [0.717, 1.165) is 17.6 Å². The number of sulfonamides is 1. The van der Waals surface area contributed by atoms with Gasteiger partial charge in [0.1, 0.15) is 23.0 Å². The van der Waals surface area contributed by atoms with Crippen LogP contribution >= 0.6 is 11.6 Å². The monoisotopic (exact) mass is 486 g/mol. The summed E-state index contributed by atoms with van der Waals surface area (Å²) in [5.74, 6) is 1.75. The smallest absolute Gasteiger partial charge is 0.232 e. The second-order valence-corrected chi connectivity index (χ2v) is 10.1. The van der Waals surface area contributed by atoms with Crippen LogP contribution in [0.2, 0.25) is 5.02 Å². The summed E-state index contributed by atoms with van der Waals surface area (Å²) in [7, 11) is -2.04. The average molecular weight is 487 g/mol. The third kappa shape index (κ3) is 4.83. The minimum absolute atomic E-state index is 0.400. The number of anilines is 5. The number of imidazole rings is 1. The Morgan fingerprint density at radius 3 is 2.42 bits per heavy atom. The van der Waals surface area contributed by atoms with Crippen LogP contribution in [0.4, 0.5) is 28.7 Å². The Bertz CT molecular complexity index is 1470. The highest BCUT2D eigenvalue weighted by atomic mass is 35.5. The number of aryl methyl sites for hydroxylation is 3. The number of fused-ring (bicyclic) bond motifs is 1. The largest absolute Gasteiger partial charge is 0.352 e. The van der Waals surface area contributed by atoms with Gasteiger partial charge in [-0.05, 0) is 39.0 Å². The standard InChI is InChI=1S/C21H23ClN8O2S/c1-11-12(2)24-19(10-23-11)28-18-9-16(20-21(29-18)26-13(3)25-20)27-15-7-6-14(22)8-17(15)30(4)33(5,31)32/h6-10H,1-5H3,(H3,24,25,26,27,28,29). The number of aromatic nitrogens is 5. The molecule has 3 aromatic heterocycles. The molecule has 4 aromatic rings. The van der Waals surface area contributed by atoms with Gasteiger partial charge in [-0.2, -0.15) is 0 Å². The fourth-order valence-corrected chi connectivity index (χ4v) is 3.87. The lowest BCUT2D eigenvalue weighted by Gasteiger charge is -2.21. The van der Waals surface area contributed by atoms with E-state index in [1.165, 1.54) is 11.4 Å². The van der Waals surface area contributed by atoms with Crippen LogP contribution in [0.15, 0.2) is 30.5 Å². The molecule has 33 heavy (non-hydrogen) atoms. The molecule has 0 saturated heterocycles. The van der Waals surface area contributed by atoms with E-state index in [2.05, 4.69) is 35.6 Å². The number of hydrogen-bond donors (Lipinski definition) is 3. The Morgan fingerprint density at radius 1 is 0.970 bits per heavy atom. The van der Waals surface area contributed by atoms with Gasteiger partial charge in [-0.15, -0.1) is 0 Å². The topological polar surface area (TPSA) is 129 Å². The molecule has 12 heteroatoms. The van der Waals surface area contributed by atoms with Crippen molar-refractivity contribution in [2.45, 2.75) is 20.8 Å². The second kappa shape index (κ2) is 8.49. The number of benzene rings is 1. The molecule has 0 aliphatic carbocycles. The van der Waals surface area contributed by atoms with Gasteiger partial charge >= 0.3 is 0 Å². The molecular formula is C21H23ClN8O2S. The fraction of sp³-hybridized carbons (Fsp3) is 0.238. The van der Waals surface area contributed by atoms with Gasteiger partial charge in [-0.1, -0.05) is 11.6 Å². The number of pyridine rings is 1. The summed E-state index contributed by atoms with van der Waals surface area (Å²) in [6, 6.07) is 6.76. The van der Waals surface area contributed by atoms with Crippen molar-refractivity contribution in [2.24, 2.45) is 0 Å². The van der Waals surface area contributed by atoms with E-state index in [0.29, 0.717) is 50.7 Å². The zero-order valence-electron chi connectivity index (χ0n) is 18.7. The normalized spacial score (nSPS) is 11.6. The van der Waals surface area contributed by atoms with Crippen molar-refractivity contribution in [1.82, 2.24) is 24.9 Å². The number of H-pyrrole nitrogens is 1. The van der Waals surface area contributed by atoms with Crippen LogP contribution in [0, 0.1) is 20.8 Å². The van der Waals surface area contributed by atoms with Crippen molar-refractivity contribution >= 4 is 61.5 Å². The first kappa shape index (κ1) is 22.7. The molecule has 0 amide bonds. The number of nitrogens with one attached hydrogen (secondary N) is 3. The van der Waals surface area contributed by atoms with Crippen molar-refractivity contribution in [3.8, 4) is 0 Å². The summed E-state index contributed by atoms with van der Waals surface area (Å²) in [4.78, 5) is 21.1. The van der Waals surface area contributed by atoms with E-state index >= 15 is 0 Å². The summed E-state index contributed by atoms with van der Waals surface area (Å²) in [6.45, 7) is 5.61. The second-order valence-electron chi connectivity index (χ2n) is 7.64. The van der Waals surface area contributed by atoms with Gasteiger partial charge in [-0.3, -0.25) is 9.29 Å². The quantitative estimate of drug-likeness (QED) is 0.369. The molecular weight excluding hydrogens is 464 g/mol. The molecule has 0 aliphatic rings. The number of nitrogens with zero attached hydrogens (tertiary/aromatic N) is 5. The van der Waals surface area contributed by atoms with Crippen LogP contribution in [0.5, 0.6) is 0 Å². The van der Waals surface area contributed by atoms with Gasteiger partial charge in [0.05, 0.1) is 40.9 Å². The third-order valence-electron chi connectivity index (χ3n) is 5.09. The van der Waals surface area contributed by atoms with Gasteiger partial charge < -0.3 is 15.6 Å². The molecule has 0 unspecified atom stereocenters. The van der Waals surface area contributed by atoms with Crippen LogP contribution in [-0.4, -0.2) is 46.6 Å². The third-order valence-corrected chi connectivity index (χ3v) is 6.51. The highest BCUT2D eigenvalue weighted by Crippen LogP contribution is 2.35. The van der Waals surface area contributed by atoms with E-state index in [4.69, 9.17) is 11.6 Å². The number of hydrogen-bond acceptors (Lipinski definition) is 8. The zero-order valence-corrected chi connectivity index (χ0v) is 20.3. The van der Waals surface area contributed by atoms with E-state index in [1.54, 1.807) is 30.5 Å². The predicted octanol–water partition coefficient (Wildman–Crippen LogP) is 4.21. The SMILES string of the molecule is Cc1nc2c(Nc3ccc(Cl)cc3N(C)S(C)(=O)=O)cc(Nc3cnc(C)c(C)n3)nc2[nH]1. The fourth-order valence-electron chi connectivity index (χ4n) is 3.19. The lowest BCUT2D eigenvalue weighted by Crippen LogP contribution is -2.25. The van der Waals surface area contributed by atoms with Crippen molar-refractivity contribution in [2.75, 3.05) is 28.2 Å². The Balaban J connectivity index is 1.79. The molecule has 0 saturated carbocycles. The molecule has 4 rings (SSSR count). The Hall–Kier alpha value is -3.44. The first-order valence-corrected chi connectivity index (χ1v) is 12.2. The van der Waals surface area contributed by atoms with E-state index in [1.807, 2.05) is 20.8 Å². The predicted molar refractivity (Wildman–Crippen MR) is 131 cm³/mol. The molecule has 0 spiro atoms. The highest BCUT2D eigenvalue weighted by Gasteiger charge is 2.18. The first-order valence-electron chi connectivity index (χ1n) is 9.96. The summed E-state index contributed by atoms with van der Waals surface area (Å²) >= 11 is 6.15. The van der Waals surface area contributed by atoms with Gasteiger partial charge in [0, 0.05) is 18.1 Å². The molecule has 3 N–H and O–H groups in total. The van der Waals surface area contributed by atoms with Gasteiger partial charge in [0.25, 0.3) is 0 Å². The molecule has 1 aromatic carbocycles. The van der Waals surface area contributed by atoms with E-state index in [-0.39, 0.29) is 0 Å². The molecule has 0 radical (unpaired) electrons. The summed E-state index contributed by atoms with van der Waals surface area (Å²) in [5, 5.41) is 6.88. The van der Waals surface area contributed by atoms with E-state index in [9.17, 15) is 8.42 Å². The van der Waals surface area contributed by atoms with Crippen molar-refractivity contribution in [3.63, 3.8) is 0 Å². The van der Waals surface area contributed by atoms with Crippen LogP contribution < -0.4 is 14.9 Å². The van der Waals surface area contributed by atoms with Crippen molar-refractivity contribution in [3.05, 3.63) is 52.7 Å². The van der Waals surface area contributed by atoms with E-state index < -0.39 is 10.0 Å². The number of aromatic amines is 1.